The Morgan fingerprint density at radius 2 is 2.09 bits per heavy atom. The quantitative estimate of drug-likeness (QED) is 0.846. The number of nitrogens with zero attached hydrogens (tertiary/aromatic N) is 3. The molecule has 5 nitrogen and oxygen atoms in total. The normalized spacial score (nSPS) is 12.1. The largest absolute Gasteiger partial charge is 0.401 e. The van der Waals surface area contributed by atoms with Gasteiger partial charge in [0.15, 0.2) is 0 Å². The van der Waals surface area contributed by atoms with Gasteiger partial charge in [-0.15, -0.1) is 0 Å². The zero-order chi connectivity index (χ0) is 16.9. The molecule has 0 atom stereocenters. The van der Waals surface area contributed by atoms with Crippen LogP contribution in [0.2, 0.25) is 0 Å². The Balaban J connectivity index is 2.08. The number of hydrogen-bond acceptors (Lipinski definition) is 5. The topological polar surface area (TPSA) is 62.4 Å². The van der Waals surface area contributed by atoms with Crippen LogP contribution >= 0.6 is 0 Å². The number of alkyl halides is 3. The Morgan fingerprint density at radius 1 is 1.30 bits per heavy atom. The average molecular weight is 329 g/mol. The molecular weight excluding hydrogens is 311 g/mol. The van der Waals surface area contributed by atoms with Gasteiger partial charge in [-0.1, -0.05) is 28.9 Å². The molecule has 0 unspecified atom stereocenters. The number of aryl methyl sites for hydroxylation is 1. The molecular formula is C15H18F3N3O2. The number of aliphatic hydroxyl groups is 1. The summed E-state index contributed by atoms with van der Waals surface area (Å²) in [6.45, 7) is 0.642. The lowest BCUT2D eigenvalue weighted by atomic mass is 10.1. The van der Waals surface area contributed by atoms with E-state index >= 15 is 0 Å². The van der Waals surface area contributed by atoms with Crippen molar-refractivity contribution in [3.05, 3.63) is 35.7 Å². The number of rotatable bonds is 7. The van der Waals surface area contributed by atoms with Crippen LogP contribution in [0.4, 0.5) is 13.2 Å². The van der Waals surface area contributed by atoms with Crippen LogP contribution < -0.4 is 0 Å². The summed E-state index contributed by atoms with van der Waals surface area (Å²) in [5, 5.41) is 12.6. The van der Waals surface area contributed by atoms with E-state index in [1.54, 1.807) is 6.07 Å². The van der Waals surface area contributed by atoms with Gasteiger partial charge in [0.05, 0.1) is 13.1 Å². The standard InChI is InChI=1S/C15H18F3N3O2/c1-11-4-2-5-12(8-11)14-19-13(23-20-14)9-21(6-3-7-22)10-15(16,17)18/h2,4-5,8,22H,3,6-7,9-10H2,1H3. The third-order valence-electron chi connectivity index (χ3n) is 3.14. The molecule has 0 radical (unpaired) electrons. The van der Waals surface area contributed by atoms with E-state index in [-0.39, 0.29) is 32.0 Å². The second-order valence-electron chi connectivity index (χ2n) is 5.28. The summed E-state index contributed by atoms with van der Waals surface area (Å²) in [5.74, 6) is 0.460. The molecule has 0 aliphatic carbocycles. The summed E-state index contributed by atoms with van der Waals surface area (Å²) < 4.78 is 42.8. The Kier molecular flexibility index (Phi) is 5.73. The number of halogens is 3. The first-order chi connectivity index (χ1) is 10.9. The summed E-state index contributed by atoms with van der Waals surface area (Å²) in [5.41, 5.74) is 1.77. The van der Waals surface area contributed by atoms with Crippen molar-refractivity contribution >= 4 is 0 Å². The summed E-state index contributed by atoms with van der Waals surface area (Å²) in [6, 6.07) is 7.44. The van der Waals surface area contributed by atoms with Crippen molar-refractivity contribution in [2.75, 3.05) is 19.7 Å². The Bertz CT molecular complexity index is 628. The zero-order valence-electron chi connectivity index (χ0n) is 12.7. The van der Waals surface area contributed by atoms with Crippen LogP contribution in [0.3, 0.4) is 0 Å². The molecule has 1 heterocycles. The van der Waals surface area contributed by atoms with Gasteiger partial charge >= 0.3 is 6.18 Å². The molecule has 23 heavy (non-hydrogen) atoms. The molecule has 0 amide bonds. The first-order valence-corrected chi connectivity index (χ1v) is 7.17. The van der Waals surface area contributed by atoms with Crippen molar-refractivity contribution in [2.45, 2.75) is 26.1 Å². The Labute approximate surface area is 131 Å². The Hall–Kier alpha value is -1.93. The molecule has 0 aliphatic heterocycles. The molecule has 1 N–H and O–H groups in total. The second kappa shape index (κ2) is 7.56. The number of hydrogen-bond donors (Lipinski definition) is 1. The summed E-state index contributed by atoms with van der Waals surface area (Å²) in [6.07, 6.45) is -4.08. The maximum absolute atomic E-state index is 12.6. The maximum atomic E-state index is 12.6. The summed E-state index contributed by atoms with van der Waals surface area (Å²) in [4.78, 5) is 5.28. The van der Waals surface area contributed by atoms with Crippen molar-refractivity contribution in [1.29, 1.82) is 0 Å². The SMILES string of the molecule is Cc1cccc(-c2noc(CN(CCCO)CC(F)(F)F)n2)c1. The number of aliphatic hydroxyl groups excluding tert-OH is 1. The van der Waals surface area contributed by atoms with Gasteiger partial charge in [-0.25, -0.2) is 0 Å². The molecule has 1 aromatic heterocycles. The predicted molar refractivity (Wildman–Crippen MR) is 77.5 cm³/mol. The lowest BCUT2D eigenvalue weighted by Crippen LogP contribution is -2.35. The van der Waals surface area contributed by atoms with Crippen molar-refractivity contribution in [2.24, 2.45) is 0 Å². The summed E-state index contributed by atoms with van der Waals surface area (Å²) in [7, 11) is 0. The fourth-order valence-electron chi connectivity index (χ4n) is 2.17. The first kappa shape index (κ1) is 17.4. The highest BCUT2D eigenvalue weighted by atomic mass is 19.4. The molecule has 0 spiro atoms. The van der Waals surface area contributed by atoms with Crippen LogP contribution in [0.15, 0.2) is 28.8 Å². The van der Waals surface area contributed by atoms with Gasteiger partial charge in [-0.2, -0.15) is 18.2 Å². The van der Waals surface area contributed by atoms with Crippen molar-refractivity contribution < 1.29 is 22.8 Å². The van der Waals surface area contributed by atoms with E-state index in [9.17, 15) is 13.2 Å². The minimum absolute atomic E-state index is 0.0954. The van der Waals surface area contributed by atoms with Crippen LogP contribution in [0, 0.1) is 6.92 Å². The van der Waals surface area contributed by atoms with Crippen LogP contribution in [-0.4, -0.2) is 46.0 Å². The minimum Gasteiger partial charge on any atom is -0.396 e. The molecule has 2 rings (SSSR count). The van der Waals surface area contributed by atoms with Crippen molar-refractivity contribution in [1.82, 2.24) is 15.0 Å². The van der Waals surface area contributed by atoms with Gasteiger partial charge in [0.2, 0.25) is 11.7 Å². The third-order valence-corrected chi connectivity index (χ3v) is 3.14. The molecule has 0 bridgehead atoms. The number of aromatic nitrogens is 2. The highest BCUT2D eigenvalue weighted by Crippen LogP contribution is 2.20. The molecule has 0 aliphatic rings. The van der Waals surface area contributed by atoms with E-state index in [2.05, 4.69) is 10.1 Å². The Morgan fingerprint density at radius 3 is 2.74 bits per heavy atom. The second-order valence-corrected chi connectivity index (χ2v) is 5.28. The molecule has 0 saturated carbocycles. The lowest BCUT2D eigenvalue weighted by Gasteiger charge is -2.21. The number of benzene rings is 1. The smallest absolute Gasteiger partial charge is 0.396 e. The maximum Gasteiger partial charge on any atom is 0.401 e. The minimum atomic E-state index is -4.32. The van der Waals surface area contributed by atoms with E-state index in [0.29, 0.717) is 5.82 Å². The van der Waals surface area contributed by atoms with Crippen LogP contribution in [0.1, 0.15) is 17.9 Å². The average Bonchev–Trinajstić information content (AvgIpc) is 2.92. The van der Waals surface area contributed by atoms with E-state index in [4.69, 9.17) is 9.63 Å². The van der Waals surface area contributed by atoms with Gasteiger partial charge in [-0.3, -0.25) is 4.90 Å². The van der Waals surface area contributed by atoms with Crippen LogP contribution in [-0.2, 0) is 6.54 Å². The highest BCUT2D eigenvalue weighted by molar-refractivity contribution is 5.55. The summed E-state index contributed by atoms with van der Waals surface area (Å²) >= 11 is 0. The van der Waals surface area contributed by atoms with E-state index < -0.39 is 12.7 Å². The predicted octanol–water partition coefficient (Wildman–Crippen LogP) is 2.79. The molecule has 1 aromatic carbocycles. The molecule has 2 aromatic rings. The van der Waals surface area contributed by atoms with Crippen LogP contribution in [0.5, 0.6) is 0 Å². The highest BCUT2D eigenvalue weighted by Gasteiger charge is 2.31. The van der Waals surface area contributed by atoms with Gasteiger partial charge in [0.25, 0.3) is 0 Å². The van der Waals surface area contributed by atoms with Crippen molar-refractivity contribution in [3.8, 4) is 11.4 Å². The van der Waals surface area contributed by atoms with Gasteiger partial charge in [-0.05, 0) is 19.4 Å². The van der Waals surface area contributed by atoms with Gasteiger partial charge < -0.3 is 9.63 Å². The fraction of sp³-hybridized carbons (Fsp3) is 0.467. The van der Waals surface area contributed by atoms with E-state index in [1.807, 2.05) is 25.1 Å². The third kappa shape index (κ3) is 5.65. The fourth-order valence-corrected chi connectivity index (χ4v) is 2.17. The molecule has 0 fully saturated rings. The molecule has 0 saturated heterocycles. The van der Waals surface area contributed by atoms with Crippen LogP contribution in [0.25, 0.3) is 11.4 Å². The first-order valence-electron chi connectivity index (χ1n) is 7.17. The molecule has 126 valence electrons. The van der Waals surface area contributed by atoms with E-state index in [1.165, 1.54) is 0 Å². The van der Waals surface area contributed by atoms with Gasteiger partial charge in [0.1, 0.15) is 0 Å². The lowest BCUT2D eigenvalue weighted by molar-refractivity contribution is -0.148. The monoisotopic (exact) mass is 329 g/mol. The van der Waals surface area contributed by atoms with Gasteiger partial charge in [0, 0.05) is 18.7 Å². The van der Waals surface area contributed by atoms with Crippen molar-refractivity contribution in [3.63, 3.8) is 0 Å². The zero-order valence-corrected chi connectivity index (χ0v) is 12.7. The van der Waals surface area contributed by atoms with E-state index in [0.717, 1.165) is 16.0 Å². The molecule has 8 heteroatoms.